The molecule has 1 aliphatic heterocycles. The Bertz CT molecular complexity index is 678. The maximum absolute atomic E-state index is 12.9. The minimum atomic E-state index is 0.000868. The zero-order chi connectivity index (χ0) is 21.5. The Kier molecular flexibility index (Phi) is 8.14. The molecule has 1 aliphatic carbocycles. The second-order valence-electron chi connectivity index (χ2n) is 8.95. The van der Waals surface area contributed by atoms with Crippen LogP contribution < -0.4 is 5.32 Å². The number of nitrogens with zero attached hydrogens (tertiary/aromatic N) is 3. The molecule has 0 aromatic heterocycles. The lowest BCUT2D eigenvalue weighted by atomic mass is 9.85. The monoisotopic (exact) mass is 414 g/mol. The highest BCUT2D eigenvalue weighted by Crippen LogP contribution is 2.27. The lowest BCUT2D eigenvalue weighted by Gasteiger charge is -2.39. The highest BCUT2D eigenvalue weighted by Gasteiger charge is 2.32. The summed E-state index contributed by atoms with van der Waals surface area (Å²) in [4.78, 5) is 32.0. The average molecular weight is 415 g/mol. The molecule has 1 aromatic carbocycles. The van der Waals surface area contributed by atoms with Gasteiger partial charge < -0.3 is 15.1 Å². The van der Waals surface area contributed by atoms with Gasteiger partial charge in [-0.3, -0.25) is 9.69 Å². The molecule has 1 heterocycles. The Balaban J connectivity index is 1.42. The third-order valence-electron chi connectivity index (χ3n) is 6.65. The highest BCUT2D eigenvalue weighted by molar-refractivity contribution is 5.79. The molecule has 30 heavy (non-hydrogen) atoms. The van der Waals surface area contributed by atoms with E-state index in [1.54, 1.807) is 0 Å². The third-order valence-corrected chi connectivity index (χ3v) is 6.65. The molecule has 1 saturated heterocycles. The molecule has 1 saturated carbocycles. The Morgan fingerprint density at radius 3 is 2.23 bits per heavy atom. The predicted molar refractivity (Wildman–Crippen MR) is 120 cm³/mol. The van der Waals surface area contributed by atoms with Crippen LogP contribution >= 0.6 is 0 Å². The van der Waals surface area contributed by atoms with E-state index in [0.29, 0.717) is 25.0 Å². The van der Waals surface area contributed by atoms with E-state index in [9.17, 15) is 9.59 Å². The van der Waals surface area contributed by atoms with Crippen molar-refractivity contribution in [1.82, 2.24) is 20.0 Å². The Morgan fingerprint density at radius 2 is 1.67 bits per heavy atom. The molecule has 1 N–H and O–H groups in total. The van der Waals surface area contributed by atoms with Crippen molar-refractivity contribution < 1.29 is 9.59 Å². The molecule has 1 aromatic rings. The molecular formula is C24H38N4O2. The summed E-state index contributed by atoms with van der Waals surface area (Å²) in [5.41, 5.74) is 1.14. The van der Waals surface area contributed by atoms with Crippen LogP contribution in [0.4, 0.5) is 4.79 Å². The van der Waals surface area contributed by atoms with Crippen LogP contribution in [0.1, 0.15) is 52.0 Å². The van der Waals surface area contributed by atoms with Gasteiger partial charge in [-0.05, 0) is 52.0 Å². The number of rotatable bonds is 6. The van der Waals surface area contributed by atoms with E-state index < -0.39 is 0 Å². The second kappa shape index (κ2) is 10.8. The number of hydrogen-bond donors (Lipinski definition) is 1. The largest absolute Gasteiger partial charge is 0.340 e. The van der Waals surface area contributed by atoms with Gasteiger partial charge in [0.05, 0.1) is 0 Å². The minimum absolute atomic E-state index is 0.000868. The molecule has 3 rings (SSSR count). The molecular weight excluding hydrogens is 376 g/mol. The number of amides is 3. The van der Waals surface area contributed by atoms with Crippen molar-refractivity contribution >= 4 is 11.9 Å². The number of piperazine rings is 1. The topological polar surface area (TPSA) is 55.9 Å². The van der Waals surface area contributed by atoms with Crippen LogP contribution in [-0.2, 0) is 11.3 Å². The molecule has 166 valence electrons. The van der Waals surface area contributed by atoms with E-state index >= 15 is 0 Å². The van der Waals surface area contributed by atoms with Crippen LogP contribution in [-0.4, -0.2) is 71.4 Å². The van der Waals surface area contributed by atoms with E-state index in [-0.39, 0.29) is 18.0 Å². The molecule has 0 bridgehead atoms. The Labute approximate surface area is 181 Å². The third kappa shape index (κ3) is 5.97. The quantitative estimate of drug-likeness (QED) is 0.777. The number of hydrogen-bond acceptors (Lipinski definition) is 3. The Hall–Kier alpha value is -2.08. The van der Waals surface area contributed by atoms with Crippen molar-refractivity contribution in [3.05, 3.63) is 35.9 Å². The van der Waals surface area contributed by atoms with Gasteiger partial charge in [-0.2, -0.15) is 0 Å². The first-order chi connectivity index (χ1) is 14.5. The van der Waals surface area contributed by atoms with E-state index in [1.165, 1.54) is 0 Å². The van der Waals surface area contributed by atoms with Gasteiger partial charge >= 0.3 is 6.03 Å². The fourth-order valence-corrected chi connectivity index (χ4v) is 4.60. The van der Waals surface area contributed by atoms with Crippen molar-refractivity contribution in [2.45, 2.75) is 65.1 Å². The van der Waals surface area contributed by atoms with Gasteiger partial charge in [0, 0.05) is 57.3 Å². The number of urea groups is 1. The molecule has 0 spiro atoms. The highest BCUT2D eigenvalue weighted by atomic mass is 16.2. The van der Waals surface area contributed by atoms with Gasteiger partial charge in [-0.1, -0.05) is 30.3 Å². The van der Waals surface area contributed by atoms with Gasteiger partial charge in [0.1, 0.15) is 0 Å². The van der Waals surface area contributed by atoms with Gasteiger partial charge in [0.15, 0.2) is 0 Å². The summed E-state index contributed by atoms with van der Waals surface area (Å²) in [5.74, 6) is 0.442. The average Bonchev–Trinajstić information content (AvgIpc) is 2.78. The van der Waals surface area contributed by atoms with Crippen molar-refractivity contribution in [2.75, 3.05) is 32.7 Å². The number of benzene rings is 1. The van der Waals surface area contributed by atoms with Gasteiger partial charge in [-0.15, -0.1) is 0 Å². The molecule has 0 radical (unpaired) electrons. The molecule has 2 fully saturated rings. The van der Waals surface area contributed by atoms with Gasteiger partial charge in [0.25, 0.3) is 0 Å². The van der Waals surface area contributed by atoms with Crippen molar-refractivity contribution in [3.63, 3.8) is 0 Å². The van der Waals surface area contributed by atoms with E-state index in [0.717, 1.165) is 57.4 Å². The van der Waals surface area contributed by atoms with Crippen LogP contribution in [0.5, 0.6) is 0 Å². The zero-order valence-corrected chi connectivity index (χ0v) is 18.8. The minimum Gasteiger partial charge on any atom is -0.340 e. The van der Waals surface area contributed by atoms with E-state index in [2.05, 4.69) is 29.0 Å². The zero-order valence-electron chi connectivity index (χ0n) is 18.8. The van der Waals surface area contributed by atoms with E-state index in [4.69, 9.17) is 0 Å². The molecule has 0 atom stereocenters. The normalized spacial score (nSPS) is 22.7. The lowest BCUT2D eigenvalue weighted by Crippen LogP contribution is -2.53. The summed E-state index contributed by atoms with van der Waals surface area (Å²) < 4.78 is 0. The fourth-order valence-electron chi connectivity index (χ4n) is 4.60. The standard InChI is InChI=1S/C24H38N4O2/c1-4-26(18-20-8-6-5-7-9-20)24(30)25-22-12-10-21(11-13-22)23(29)28-16-14-27(15-17-28)19(2)3/h5-9,19,21-22H,4,10-18H2,1-3H3,(H,25,30)/t21-,22-. The summed E-state index contributed by atoms with van der Waals surface area (Å²) in [5, 5.41) is 3.20. The van der Waals surface area contributed by atoms with Crippen LogP contribution in [0.3, 0.4) is 0 Å². The number of carbonyl (C=O) groups is 2. The summed E-state index contributed by atoms with van der Waals surface area (Å²) in [6.45, 7) is 11.4. The first kappa shape index (κ1) is 22.6. The molecule has 6 heteroatoms. The van der Waals surface area contributed by atoms with Crippen LogP contribution in [0.15, 0.2) is 30.3 Å². The maximum atomic E-state index is 12.9. The SMILES string of the molecule is CCN(Cc1ccccc1)C(=O)N[C@H]1CC[C@H](C(=O)N2CCN(C(C)C)CC2)CC1. The van der Waals surface area contributed by atoms with Gasteiger partial charge in [-0.25, -0.2) is 4.79 Å². The fraction of sp³-hybridized carbons (Fsp3) is 0.667. The molecule has 2 aliphatic rings. The first-order valence-corrected chi connectivity index (χ1v) is 11.6. The first-order valence-electron chi connectivity index (χ1n) is 11.6. The number of nitrogens with one attached hydrogen (secondary N) is 1. The Morgan fingerprint density at radius 1 is 1.03 bits per heavy atom. The number of carbonyl (C=O) groups excluding carboxylic acids is 2. The second-order valence-corrected chi connectivity index (χ2v) is 8.95. The predicted octanol–water partition coefficient (Wildman–Crippen LogP) is 3.33. The summed E-state index contributed by atoms with van der Waals surface area (Å²) in [6.07, 6.45) is 3.52. The van der Waals surface area contributed by atoms with Gasteiger partial charge in [0.2, 0.25) is 5.91 Å². The summed E-state index contributed by atoms with van der Waals surface area (Å²) in [6, 6.07) is 10.8. The smallest absolute Gasteiger partial charge is 0.317 e. The lowest BCUT2D eigenvalue weighted by molar-refractivity contribution is -0.138. The van der Waals surface area contributed by atoms with Crippen LogP contribution in [0.25, 0.3) is 0 Å². The molecule has 6 nitrogen and oxygen atoms in total. The van der Waals surface area contributed by atoms with Crippen molar-refractivity contribution in [2.24, 2.45) is 5.92 Å². The summed E-state index contributed by atoms with van der Waals surface area (Å²) in [7, 11) is 0. The van der Waals surface area contributed by atoms with E-state index in [1.807, 2.05) is 42.2 Å². The van der Waals surface area contributed by atoms with Crippen molar-refractivity contribution in [3.8, 4) is 0 Å². The van der Waals surface area contributed by atoms with Crippen LogP contribution in [0, 0.1) is 5.92 Å². The van der Waals surface area contributed by atoms with Crippen LogP contribution in [0.2, 0.25) is 0 Å². The summed E-state index contributed by atoms with van der Waals surface area (Å²) >= 11 is 0. The van der Waals surface area contributed by atoms with Crippen molar-refractivity contribution in [1.29, 1.82) is 0 Å². The molecule has 3 amide bonds. The maximum Gasteiger partial charge on any atom is 0.317 e. The molecule has 0 unspecified atom stereocenters.